The number of allylic oxidation sites excluding steroid dienone is 5. The standard InChI is InChI=1S/C62H43N.C2H6/c1-2-17-43(18-3-1)63-58-32-15-8-23-49(58)50-39-42(37-38-59(50)63)40-33-35-41(36-34-40)44-24-16-31-57-60(44)62(53-27-11-6-21-47(53)48-22-7-12-28-54(48)62)56-30-14-13-29-55(56)61(57)51-25-9-4-19-45(51)46-20-5-10-26-52(46)61;1-2/h1-33,35,39H,34,36-38H2;1-2H3. The molecule has 8 aromatic carbocycles. The number of hydrogen-bond acceptors (Lipinski definition) is 0. The van der Waals surface area contributed by atoms with Gasteiger partial charge >= 0.3 is 0 Å². The van der Waals surface area contributed by atoms with Gasteiger partial charge in [0.15, 0.2) is 0 Å². The van der Waals surface area contributed by atoms with Crippen LogP contribution in [-0.2, 0) is 17.3 Å². The fraction of sp³-hybridized carbons (Fsp3) is 0.125. The quantitative estimate of drug-likeness (QED) is 0.167. The van der Waals surface area contributed by atoms with E-state index >= 15 is 0 Å². The summed E-state index contributed by atoms with van der Waals surface area (Å²) in [6, 6.07) is 73.6. The Morgan fingerprint density at radius 3 is 1.40 bits per heavy atom. The minimum absolute atomic E-state index is 0.480. The number of nitrogens with zero attached hydrogens (tertiary/aromatic N) is 1. The van der Waals surface area contributed by atoms with Crippen LogP contribution in [0.4, 0.5) is 0 Å². The van der Waals surface area contributed by atoms with Crippen molar-refractivity contribution in [2.24, 2.45) is 0 Å². The topological polar surface area (TPSA) is 4.93 Å². The smallest absolute Gasteiger partial charge is 0.0725 e. The molecule has 0 unspecified atom stereocenters. The lowest BCUT2D eigenvalue weighted by Gasteiger charge is -2.50. The molecule has 2 spiro atoms. The van der Waals surface area contributed by atoms with Gasteiger partial charge in [0.1, 0.15) is 0 Å². The predicted molar refractivity (Wildman–Crippen MR) is 271 cm³/mol. The molecule has 0 fully saturated rings. The van der Waals surface area contributed by atoms with Crippen molar-refractivity contribution in [3.63, 3.8) is 0 Å². The van der Waals surface area contributed by atoms with Gasteiger partial charge in [0.05, 0.1) is 16.3 Å². The Morgan fingerprint density at radius 1 is 0.354 bits per heavy atom. The van der Waals surface area contributed by atoms with E-state index in [4.69, 9.17) is 0 Å². The molecule has 65 heavy (non-hydrogen) atoms. The molecule has 0 amide bonds. The number of rotatable bonds is 3. The molecular weight excluding hydrogens is 783 g/mol. The molecule has 1 heterocycles. The summed E-state index contributed by atoms with van der Waals surface area (Å²) >= 11 is 0. The second-order valence-electron chi connectivity index (χ2n) is 18.1. The average molecular weight is 832 g/mol. The fourth-order valence-corrected chi connectivity index (χ4v) is 13.0. The molecule has 0 saturated carbocycles. The second kappa shape index (κ2) is 14.5. The van der Waals surface area contributed by atoms with Gasteiger partial charge in [-0.15, -0.1) is 0 Å². The molecule has 1 aromatic heterocycles. The number of hydrogen-bond donors (Lipinski definition) is 0. The van der Waals surface area contributed by atoms with E-state index in [9.17, 15) is 0 Å². The van der Waals surface area contributed by atoms with E-state index in [1.807, 2.05) is 13.8 Å². The normalized spacial score (nSPS) is 16.1. The molecule has 1 heteroatoms. The molecule has 0 atom stereocenters. The largest absolute Gasteiger partial charge is 0.313 e. The van der Waals surface area contributed by atoms with Crippen LogP contribution in [0.1, 0.15) is 94.4 Å². The lowest BCUT2D eigenvalue weighted by atomic mass is 9.51. The van der Waals surface area contributed by atoms with Gasteiger partial charge in [-0.2, -0.15) is 0 Å². The molecule has 1 nitrogen and oxygen atoms in total. The van der Waals surface area contributed by atoms with Crippen molar-refractivity contribution in [2.75, 3.05) is 0 Å². The summed E-state index contributed by atoms with van der Waals surface area (Å²) < 4.78 is 2.49. The van der Waals surface area contributed by atoms with Gasteiger partial charge in [-0.3, -0.25) is 0 Å². The van der Waals surface area contributed by atoms with Crippen LogP contribution in [0.25, 0.3) is 50.5 Å². The first-order valence-corrected chi connectivity index (χ1v) is 23.7. The van der Waals surface area contributed by atoms with Crippen molar-refractivity contribution >= 4 is 22.6 Å². The van der Waals surface area contributed by atoms with Gasteiger partial charge in [-0.05, 0) is 139 Å². The fourth-order valence-electron chi connectivity index (χ4n) is 13.0. The summed E-state index contributed by atoms with van der Waals surface area (Å²) in [6.07, 6.45) is 11.6. The maximum absolute atomic E-state index is 2.52. The minimum atomic E-state index is -0.506. The first kappa shape index (κ1) is 38.0. The zero-order chi connectivity index (χ0) is 43.3. The minimum Gasteiger partial charge on any atom is -0.313 e. The first-order valence-electron chi connectivity index (χ1n) is 23.7. The van der Waals surface area contributed by atoms with Crippen molar-refractivity contribution in [1.29, 1.82) is 0 Å². The third kappa shape index (κ3) is 4.99. The van der Waals surface area contributed by atoms with Crippen LogP contribution in [0.15, 0.2) is 217 Å². The summed E-state index contributed by atoms with van der Waals surface area (Å²) in [5.41, 5.74) is 26.5. The Hall–Kier alpha value is -7.48. The van der Waals surface area contributed by atoms with Gasteiger partial charge in [0.25, 0.3) is 0 Å². The Labute approximate surface area is 382 Å². The lowest BCUT2D eigenvalue weighted by molar-refractivity contribution is 0.630. The predicted octanol–water partition coefficient (Wildman–Crippen LogP) is 15.8. The molecule has 0 saturated heterocycles. The van der Waals surface area contributed by atoms with Crippen molar-refractivity contribution in [1.82, 2.24) is 4.57 Å². The number of aromatic nitrogens is 1. The molecule has 0 bridgehead atoms. The van der Waals surface area contributed by atoms with Gasteiger partial charge in [-0.25, -0.2) is 0 Å². The Morgan fingerprint density at radius 2 is 0.800 bits per heavy atom. The third-order valence-corrected chi connectivity index (χ3v) is 15.4. The SMILES string of the molecule is C1=C(C2=Cc3c(n(-c4ccccc4)c4ccccc34)CC2)CCC(c2cccc3c2C2(c4ccccc4-c4ccccc42)c2ccccc2C32c3ccccc3-c3ccccc32)=C1.CC. The van der Waals surface area contributed by atoms with Crippen molar-refractivity contribution in [3.8, 4) is 27.9 Å². The molecule has 0 radical (unpaired) electrons. The van der Waals surface area contributed by atoms with E-state index in [0.717, 1.165) is 25.7 Å². The van der Waals surface area contributed by atoms with Crippen molar-refractivity contribution < 1.29 is 0 Å². The van der Waals surface area contributed by atoms with E-state index in [1.54, 1.807) is 0 Å². The van der Waals surface area contributed by atoms with Crippen LogP contribution in [-0.4, -0.2) is 4.57 Å². The highest BCUT2D eigenvalue weighted by molar-refractivity contribution is 5.97. The monoisotopic (exact) mass is 831 g/mol. The van der Waals surface area contributed by atoms with Gasteiger partial charge in [-0.1, -0.05) is 202 Å². The van der Waals surface area contributed by atoms with Crippen molar-refractivity contribution in [2.45, 2.75) is 50.4 Å². The number of benzene rings is 8. The Balaban J connectivity index is 0.00000209. The van der Waals surface area contributed by atoms with E-state index < -0.39 is 10.8 Å². The van der Waals surface area contributed by atoms with Gasteiger partial charge < -0.3 is 4.57 Å². The Kier molecular flexibility index (Phi) is 8.50. The lowest BCUT2D eigenvalue weighted by Crippen LogP contribution is -2.44. The maximum Gasteiger partial charge on any atom is 0.0725 e. The summed E-state index contributed by atoms with van der Waals surface area (Å²) in [5.74, 6) is 0. The van der Waals surface area contributed by atoms with Crippen LogP contribution < -0.4 is 0 Å². The molecule has 0 N–H and O–H groups in total. The van der Waals surface area contributed by atoms with E-state index in [-0.39, 0.29) is 0 Å². The average Bonchev–Trinajstić information content (AvgIpc) is 3.99. The highest BCUT2D eigenvalue weighted by Gasteiger charge is 2.59. The highest BCUT2D eigenvalue weighted by Crippen LogP contribution is 2.68. The molecule has 5 aliphatic carbocycles. The summed E-state index contributed by atoms with van der Waals surface area (Å²) in [7, 11) is 0. The molecule has 5 aliphatic rings. The van der Waals surface area contributed by atoms with Crippen LogP contribution >= 0.6 is 0 Å². The van der Waals surface area contributed by atoms with Crippen molar-refractivity contribution in [3.05, 3.63) is 279 Å². The summed E-state index contributed by atoms with van der Waals surface area (Å²) in [6.45, 7) is 4.00. The van der Waals surface area contributed by atoms with Crippen LogP contribution in [0.5, 0.6) is 0 Å². The number of fused-ring (bicyclic) bond motifs is 19. The van der Waals surface area contributed by atoms with E-state index in [0.29, 0.717) is 0 Å². The molecular formula is C64H49N. The number of para-hydroxylation sites is 2. The zero-order valence-corrected chi connectivity index (χ0v) is 37.0. The van der Waals surface area contributed by atoms with Gasteiger partial charge in [0.2, 0.25) is 0 Å². The third-order valence-electron chi connectivity index (χ3n) is 15.4. The van der Waals surface area contributed by atoms with E-state index in [1.165, 1.54) is 117 Å². The van der Waals surface area contributed by atoms with Gasteiger partial charge in [0, 0.05) is 22.3 Å². The van der Waals surface area contributed by atoms with E-state index in [2.05, 4.69) is 217 Å². The summed E-state index contributed by atoms with van der Waals surface area (Å²) in [5, 5.41) is 1.34. The van der Waals surface area contributed by atoms with Crippen LogP contribution in [0.3, 0.4) is 0 Å². The Bertz CT molecular complexity index is 3420. The molecule has 14 rings (SSSR count). The zero-order valence-electron chi connectivity index (χ0n) is 37.0. The molecule has 0 aliphatic heterocycles. The maximum atomic E-state index is 2.52. The molecule has 310 valence electrons. The van der Waals surface area contributed by atoms with Crippen LogP contribution in [0.2, 0.25) is 0 Å². The first-order chi connectivity index (χ1) is 32.3. The summed E-state index contributed by atoms with van der Waals surface area (Å²) in [4.78, 5) is 0. The molecule has 9 aromatic rings. The second-order valence-corrected chi connectivity index (χ2v) is 18.1. The highest BCUT2D eigenvalue weighted by atomic mass is 15.0. The van der Waals surface area contributed by atoms with Crippen LogP contribution in [0, 0.1) is 0 Å².